The molecule has 0 amide bonds. The van der Waals surface area contributed by atoms with Crippen LogP contribution < -0.4 is 0 Å². The summed E-state index contributed by atoms with van der Waals surface area (Å²) >= 11 is 0.986. The molecule has 0 aliphatic rings. The Morgan fingerprint density at radius 3 is 2.55 bits per heavy atom. The second-order valence-corrected chi connectivity index (χ2v) is 8.16. The van der Waals surface area contributed by atoms with Crippen LogP contribution >= 0.6 is 11.3 Å². The summed E-state index contributed by atoms with van der Waals surface area (Å²) in [5.41, 5.74) is 0.836. The number of carboxylic acid groups (broad SMARTS) is 1. The van der Waals surface area contributed by atoms with Crippen LogP contribution in [0.1, 0.15) is 23.4 Å². The van der Waals surface area contributed by atoms with Gasteiger partial charge in [0.1, 0.15) is 4.21 Å². The van der Waals surface area contributed by atoms with Crippen LogP contribution in [-0.2, 0) is 21.2 Å². The van der Waals surface area contributed by atoms with E-state index in [4.69, 9.17) is 5.11 Å². The summed E-state index contributed by atoms with van der Waals surface area (Å²) in [6.07, 6.45) is 3.05. The molecule has 2 aromatic heterocycles. The molecule has 0 saturated heterocycles. The Morgan fingerprint density at radius 1 is 1.32 bits per heavy atom. The van der Waals surface area contributed by atoms with E-state index in [1.165, 1.54) is 23.5 Å². The molecule has 1 N–H and O–H groups in total. The van der Waals surface area contributed by atoms with Crippen LogP contribution in [0.2, 0.25) is 0 Å². The van der Waals surface area contributed by atoms with Gasteiger partial charge in [-0.1, -0.05) is 0 Å². The number of pyridine rings is 1. The number of carboxylic acids is 1. The number of hydrogen-bond donors (Lipinski definition) is 1. The predicted octanol–water partition coefficient (Wildman–Crippen LogP) is 2.15. The minimum Gasteiger partial charge on any atom is -0.481 e. The maximum Gasteiger partial charge on any atom is 0.308 e. The van der Waals surface area contributed by atoms with Crippen molar-refractivity contribution in [2.24, 2.45) is 0 Å². The Bertz CT molecular complexity index is 756. The molecule has 0 bridgehead atoms. The Balaban J connectivity index is 2.25. The quantitative estimate of drug-likeness (QED) is 0.870. The fourth-order valence-corrected chi connectivity index (χ4v) is 4.83. The molecular formula is C14H16N2O4S2. The second kappa shape index (κ2) is 6.55. The molecule has 22 heavy (non-hydrogen) atoms. The Kier molecular flexibility index (Phi) is 4.94. The lowest BCUT2D eigenvalue weighted by molar-refractivity contribution is -0.136. The van der Waals surface area contributed by atoms with Gasteiger partial charge < -0.3 is 5.11 Å². The first-order valence-corrected chi connectivity index (χ1v) is 8.76. The van der Waals surface area contributed by atoms with E-state index in [0.717, 1.165) is 16.9 Å². The molecule has 0 saturated carbocycles. The van der Waals surface area contributed by atoms with Gasteiger partial charge in [-0.2, -0.15) is 4.31 Å². The van der Waals surface area contributed by atoms with Crippen molar-refractivity contribution in [3.05, 3.63) is 47.1 Å². The summed E-state index contributed by atoms with van der Waals surface area (Å²) in [6.45, 7) is 1.79. The lowest BCUT2D eigenvalue weighted by Gasteiger charge is -2.23. The molecule has 0 aliphatic carbocycles. The van der Waals surface area contributed by atoms with Gasteiger partial charge in [-0.05, 0) is 36.8 Å². The highest BCUT2D eigenvalue weighted by Gasteiger charge is 2.27. The van der Waals surface area contributed by atoms with Gasteiger partial charge in [0.2, 0.25) is 0 Å². The third-order valence-electron chi connectivity index (χ3n) is 3.33. The highest BCUT2D eigenvalue weighted by Crippen LogP contribution is 2.29. The molecule has 8 heteroatoms. The molecule has 2 rings (SSSR count). The lowest BCUT2D eigenvalue weighted by Crippen LogP contribution is -2.29. The van der Waals surface area contributed by atoms with Gasteiger partial charge in [0.05, 0.1) is 6.42 Å². The number of rotatable bonds is 6. The minimum absolute atomic E-state index is 0.146. The van der Waals surface area contributed by atoms with E-state index in [9.17, 15) is 13.2 Å². The Morgan fingerprint density at radius 2 is 1.95 bits per heavy atom. The molecule has 1 unspecified atom stereocenters. The average molecular weight is 340 g/mol. The van der Waals surface area contributed by atoms with Crippen LogP contribution in [0, 0.1) is 0 Å². The van der Waals surface area contributed by atoms with E-state index in [0.29, 0.717) is 4.88 Å². The van der Waals surface area contributed by atoms with E-state index in [2.05, 4.69) is 4.98 Å². The minimum atomic E-state index is -3.66. The van der Waals surface area contributed by atoms with E-state index in [1.807, 2.05) is 0 Å². The highest BCUT2D eigenvalue weighted by atomic mass is 32.2. The topological polar surface area (TPSA) is 87.6 Å². The zero-order chi connectivity index (χ0) is 16.3. The zero-order valence-electron chi connectivity index (χ0n) is 12.1. The highest BCUT2D eigenvalue weighted by molar-refractivity contribution is 7.91. The number of sulfonamides is 1. The van der Waals surface area contributed by atoms with Gasteiger partial charge in [0, 0.05) is 30.4 Å². The fourth-order valence-electron chi connectivity index (χ4n) is 1.94. The predicted molar refractivity (Wildman–Crippen MR) is 83.3 cm³/mol. The van der Waals surface area contributed by atoms with Gasteiger partial charge in [-0.25, -0.2) is 8.42 Å². The van der Waals surface area contributed by atoms with Crippen LogP contribution in [0.25, 0.3) is 0 Å². The maximum absolute atomic E-state index is 12.6. The van der Waals surface area contributed by atoms with Gasteiger partial charge in [-0.3, -0.25) is 9.78 Å². The molecule has 0 radical (unpaired) electrons. The first-order valence-electron chi connectivity index (χ1n) is 6.51. The maximum atomic E-state index is 12.6. The van der Waals surface area contributed by atoms with E-state index in [1.54, 1.807) is 31.5 Å². The largest absolute Gasteiger partial charge is 0.481 e. The summed E-state index contributed by atoms with van der Waals surface area (Å²) in [5.74, 6) is -0.982. The lowest BCUT2D eigenvalue weighted by atomic mass is 10.1. The van der Waals surface area contributed by atoms with Crippen molar-refractivity contribution in [2.75, 3.05) is 7.05 Å². The van der Waals surface area contributed by atoms with Gasteiger partial charge in [0.25, 0.3) is 10.0 Å². The van der Waals surface area contributed by atoms with Crippen molar-refractivity contribution in [2.45, 2.75) is 23.6 Å². The van der Waals surface area contributed by atoms with Gasteiger partial charge in [0.15, 0.2) is 0 Å². The Hall–Kier alpha value is -1.77. The summed E-state index contributed by atoms with van der Waals surface area (Å²) in [5, 5.41) is 8.77. The van der Waals surface area contributed by atoms with Crippen molar-refractivity contribution in [3.63, 3.8) is 0 Å². The van der Waals surface area contributed by atoms with Crippen LogP contribution in [0.4, 0.5) is 0 Å². The molecular weight excluding hydrogens is 324 g/mol. The average Bonchev–Trinajstić information content (AvgIpc) is 2.95. The van der Waals surface area contributed by atoms with Crippen molar-refractivity contribution in [1.29, 1.82) is 0 Å². The number of nitrogens with zero attached hydrogens (tertiary/aromatic N) is 2. The fraction of sp³-hybridized carbons (Fsp3) is 0.286. The molecule has 2 aromatic rings. The molecule has 6 nitrogen and oxygen atoms in total. The molecule has 0 aromatic carbocycles. The number of thiophene rings is 1. The van der Waals surface area contributed by atoms with Gasteiger partial charge >= 0.3 is 5.97 Å². The third kappa shape index (κ3) is 3.52. The normalized spacial score (nSPS) is 13.2. The monoisotopic (exact) mass is 340 g/mol. The van der Waals surface area contributed by atoms with Crippen molar-refractivity contribution < 1.29 is 18.3 Å². The van der Waals surface area contributed by atoms with E-state index >= 15 is 0 Å². The molecule has 118 valence electrons. The Labute approximate surface area is 133 Å². The van der Waals surface area contributed by atoms with Crippen molar-refractivity contribution in [3.8, 4) is 0 Å². The first kappa shape index (κ1) is 16.6. The van der Waals surface area contributed by atoms with Crippen LogP contribution in [0.5, 0.6) is 0 Å². The molecule has 0 fully saturated rings. The number of aliphatic carboxylic acids is 1. The van der Waals surface area contributed by atoms with Crippen LogP contribution in [-0.4, -0.2) is 35.8 Å². The first-order chi connectivity index (χ1) is 10.3. The molecule has 0 aliphatic heterocycles. The number of carbonyl (C=O) groups is 1. The smallest absolute Gasteiger partial charge is 0.308 e. The SMILES string of the molecule is CC(c1ccncc1)N(C)S(=O)(=O)c1ccc(CC(=O)O)s1. The van der Waals surface area contributed by atoms with Gasteiger partial charge in [-0.15, -0.1) is 11.3 Å². The zero-order valence-corrected chi connectivity index (χ0v) is 13.8. The molecule has 2 heterocycles. The van der Waals surface area contributed by atoms with Crippen LogP contribution in [0.15, 0.2) is 40.9 Å². The summed E-state index contributed by atoms with van der Waals surface area (Å²) < 4.78 is 26.7. The van der Waals surface area contributed by atoms with Crippen molar-refractivity contribution in [1.82, 2.24) is 9.29 Å². The van der Waals surface area contributed by atoms with E-state index < -0.39 is 16.0 Å². The third-order valence-corrected chi connectivity index (χ3v) is 6.81. The number of aromatic nitrogens is 1. The molecule has 1 atom stereocenters. The second-order valence-electron chi connectivity index (χ2n) is 4.77. The molecule has 0 spiro atoms. The van der Waals surface area contributed by atoms with Crippen molar-refractivity contribution >= 4 is 27.3 Å². The summed E-state index contributed by atoms with van der Waals surface area (Å²) in [7, 11) is -2.15. The van der Waals surface area contributed by atoms with Crippen LogP contribution in [0.3, 0.4) is 0 Å². The summed E-state index contributed by atoms with van der Waals surface area (Å²) in [4.78, 5) is 15.1. The summed E-state index contributed by atoms with van der Waals surface area (Å²) in [6, 6.07) is 6.17. The standard InChI is InChI=1S/C14H16N2O4S2/c1-10(11-5-7-15-8-6-11)16(2)22(19,20)14-4-3-12(21-14)9-13(17)18/h3-8,10H,9H2,1-2H3,(H,17,18). The number of hydrogen-bond acceptors (Lipinski definition) is 5. The van der Waals surface area contributed by atoms with E-state index in [-0.39, 0.29) is 16.7 Å².